The Labute approximate surface area is 277 Å². The van der Waals surface area contributed by atoms with E-state index in [1.54, 1.807) is 6.08 Å². The lowest BCUT2D eigenvalue weighted by molar-refractivity contribution is -0.150. The molecule has 15 nitrogen and oxygen atoms in total. The van der Waals surface area contributed by atoms with Crippen molar-refractivity contribution in [1.82, 2.24) is 35.1 Å². The summed E-state index contributed by atoms with van der Waals surface area (Å²) in [6.45, 7) is 1.98. The van der Waals surface area contributed by atoms with E-state index in [4.69, 9.17) is 5.73 Å². The van der Waals surface area contributed by atoms with E-state index in [-0.39, 0.29) is 52.8 Å². The van der Waals surface area contributed by atoms with Crippen LogP contribution in [0.5, 0.6) is 0 Å². The molecule has 0 aliphatic carbocycles. The summed E-state index contributed by atoms with van der Waals surface area (Å²) in [4.78, 5) is 58.5. The van der Waals surface area contributed by atoms with Crippen LogP contribution in [0, 0.1) is 0 Å². The van der Waals surface area contributed by atoms with Crippen molar-refractivity contribution >= 4 is 70.2 Å². The lowest BCUT2D eigenvalue weighted by Gasteiger charge is -2.49. The van der Waals surface area contributed by atoms with Crippen LogP contribution in [0.15, 0.2) is 52.3 Å². The number of hydrogen-bond acceptors (Lipinski definition) is 13. The van der Waals surface area contributed by atoms with Crippen molar-refractivity contribution in [3.8, 4) is 0 Å². The van der Waals surface area contributed by atoms with E-state index in [2.05, 4.69) is 54.7 Å². The quantitative estimate of drug-likeness (QED) is 0.0696. The highest BCUT2D eigenvalue weighted by molar-refractivity contribution is 8.00. The van der Waals surface area contributed by atoms with Gasteiger partial charge in [-0.2, -0.15) is 9.36 Å². The number of carboxylic acids is 1. The number of aromatic nitrogens is 2. The topological polar surface area (TPSA) is 215 Å². The lowest BCUT2D eigenvalue weighted by atomic mass is 10.0. The fourth-order valence-electron chi connectivity index (χ4n) is 6.09. The van der Waals surface area contributed by atoms with Crippen LogP contribution in [0.1, 0.15) is 35.8 Å². The molecule has 0 spiro atoms. The number of carboxylic acid groups (broad SMARTS) is 1. The fourth-order valence-corrected chi connectivity index (χ4v) is 7.83. The van der Waals surface area contributed by atoms with Crippen LogP contribution in [0.4, 0.5) is 5.13 Å². The molecule has 46 heavy (non-hydrogen) atoms. The first kappa shape index (κ1) is 33.3. The number of nitrogens with zero attached hydrogens (tertiary/aromatic N) is 5. The smallest absolute Gasteiger partial charge is 0.352 e. The van der Waals surface area contributed by atoms with Crippen molar-refractivity contribution in [2.75, 3.05) is 31.6 Å². The number of rotatable bonds is 9. The molecule has 4 aliphatic heterocycles. The van der Waals surface area contributed by atoms with Gasteiger partial charge >= 0.3 is 5.97 Å². The van der Waals surface area contributed by atoms with Crippen molar-refractivity contribution < 1.29 is 29.5 Å². The zero-order valence-corrected chi connectivity index (χ0v) is 27.0. The maximum Gasteiger partial charge on any atom is 0.352 e. The van der Waals surface area contributed by atoms with Gasteiger partial charge in [-0.05, 0) is 42.7 Å². The maximum atomic E-state index is 13.5. The van der Waals surface area contributed by atoms with Gasteiger partial charge in [-0.3, -0.25) is 19.3 Å². The standard InChI is InChI=1S/C28H31N9O6S2.ClH/c1-30-10-13-2-4-14(5-3-13)18-9-17(11-31-18)36-7-6-15(24(36)39)8-16-12-44-26-20(25(40)37(26)21(16)27(41)42)32-23(38)19(34-43)22-33-28(29)45-35-22;/h2-5,8,17-18,20,26,30-31,43H,6-7,9-12H2,1H3,(H,32,38)(H,41,42)(H2,29,33,35);1H/b15-8+,34-19-;/t17-,18+,20+,26+;/m0./s1. The third-order valence-corrected chi connectivity index (χ3v) is 10.1. The summed E-state index contributed by atoms with van der Waals surface area (Å²) in [6, 6.07) is 7.49. The number of β-lactam (4-membered cyclic amide) rings is 1. The number of allylic oxidation sites excluding steroid dienone is 1. The highest BCUT2D eigenvalue weighted by Crippen LogP contribution is 2.41. The number of benzene rings is 1. The summed E-state index contributed by atoms with van der Waals surface area (Å²) in [6.07, 6.45) is 2.84. The zero-order chi connectivity index (χ0) is 31.8. The highest BCUT2D eigenvalue weighted by atomic mass is 35.5. The third kappa shape index (κ3) is 6.20. The number of anilines is 1. The lowest BCUT2D eigenvalue weighted by Crippen LogP contribution is -2.71. The van der Waals surface area contributed by atoms with Gasteiger partial charge in [0.15, 0.2) is 5.13 Å². The normalized spacial score (nSPS) is 25.4. The molecular formula is C28H32ClN9O6S2. The van der Waals surface area contributed by atoms with Crippen molar-refractivity contribution in [2.24, 2.45) is 5.16 Å². The molecule has 4 atom stereocenters. The Balaban J connectivity index is 0.00000417. The molecule has 6 rings (SSSR count). The van der Waals surface area contributed by atoms with Crippen LogP contribution < -0.4 is 21.7 Å². The second kappa shape index (κ2) is 13.8. The van der Waals surface area contributed by atoms with Crippen LogP contribution >= 0.6 is 35.7 Å². The summed E-state index contributed by atoms with van der Waals surface area (Å²) >= 11 is 2.07. The second-order valence-electron chi connectivity index (χ2n) is 11.0. The summed E-state index contributed by atoms with van der Waals surface area (Å²) in [5, 5.41) is 30.9. The van der Waals surface area contributed by atoms with Crippen molar-refractivity contribution in [3.05, 3.63) is 64.1 Å². The molecule has 0 radical (unpaired) electrons. The largest absolute Gasteiger partial charge is 0.477 e. The van der Waals surface area contributed by atoms with Gasteiger partial charge in [-0.15, -0.1) is 24.2 Å². The minimum absolute atomic E-state index is 0. The SMILES string of the molecule is CNCc1ccc([C@H]2C[C@H](N3CC/C(=C\C4=C(C(=O)O)N5C(=O)[C@@H](NC(=O)/C(=N\O)c6nsc(N)n6)[C@H]5SC4)C3=O)CN2)cc1.Cl. The van der Waals surface area contributed by atoms with E-state index in [0.717, 1.165) is 29.4 Å². The molecule has 3 saturated heterocycles. The molecule has 1 aromatic carbocycles. The molecule has 2 aromatic rings. The van der Waals surface area contributed by atoms with Gasteiger partial charge in [0, 0.05) is 54.6 Å². The molecule has 244 valence electrons. The van der Waals surface area contributed by atoms with Crippen LogP contribution in [0.2, 0.25) is 0 Å². The van der Waals surface area contributed by atoms with Gasteiger partial charge < -0.3 is 36.9 Å². The van der Waals surface area contributed by atoms with E-state index in [1.165, 1.54) is 22.9 Å². The number of amides is 3. The summed E-state index contributed by atoms with van der Waals surface area (Å²) in [7, 11) is 1.91. The Hall–Kier alpha value is -4.03. The highest BCUT2D eigenvalue weighted by Gasteiger charge is 2.54. The van der Waals surface area contributed by atoms with Crippen LogP contribution in [0.3, 0.4) is 0 Å². The number of hydrogen-bond donors (Lipinski definition) is 6. The van der Waals surface area contributed by atoms with Crippen LogP contribution in [0.25, 0.3) is 0 Å². The number of likely N-dealkylation sites (tertiary alicyclic amines) is 1. The first-order valence-corrected chi connectivity index (χ1v) is 16.0. The number of carbonyl (C=O) groups excluding carboxylic acids is 3. The van der Waals surface area contributed by atoms with Gasteiger partial charge in [0.25, 0.3) is 11.8 Å². The Morgan fingerprint density at radius 3 is 2.67 bits per heavy atom. The van der Waals surface area contributed by atoms with Crippen LogP contribution in [-0.4, -0.2) is 102 Å². The predicted molar refractivity (Wildman–Crippen MR) is 172 cm³/mol. The summed E-state index contributed by atoms with van der Waals surface area (Å²) < 4.78 is 3.84. The molecule has 4 aliphatic rings. The minimum atomic E-state index is -1.31. The summed E-state index contributed by atoms with van der Waals surface area (Å²) in [5.74, 6) is -2.98. The molecule has 0 unspecified atom stereocenters. The van der Waals surface area contributed by atoms with E-state index in [0.29, 0.717) is 30.7 Å². The number of nitrogen functional groups attached to an aromatic ring is 1. The number of aliphatic carboxylic acids is 1. The van der Waals surface area contributed by atoms with Crippen molar-refractivity contribution in [2.45, 2.75) is 42.9 Å². The van der Waals surface area contributed by atoms with E-state index >= 15 is 0 Å². The Kier molecular flexibility index (Phi) is 9.97. The second-order valence-corrected chi connectivity index (χ2v) is 12.9. The van der Waals surface area contributed by atoms with Crippen molar-refractivity contribution in [3.63, 3.8) is 0 Å². The number of oxime groups is 1. The van der Waals surface area contributed by atoms with E-state index < -0.39 is 34.9 Å². The van der Waals surface area contributed by atoms with Crippen LogP contribution in [-0.2, 0) is 25.7 Å². The number of halogens is 1. The number of thioether (sulfide) groups is 1. The first-order chi connectivity index (χ1) is 21.7. The summed E-state index contributed by atoms with van der Waals surface area (Å²) in [5.41, 5.74) is 8.02. The third-order valence-electron chi connectivity index (χ3n) is 8.27. The van der Waals surface area contributed by atoms with Gasteiger partial charge in [-0.1, -0.05) is 29.4 Å². The molecule has 0 saturated carbocycles. The van der Waals surface area contributed by atoms with E-state index in [1.807, 2.05) is 11.9 Å². The van der Waals surface area contributed by atoms with Gasteiger partial charge in [-0.25, -0.2) is 4.79 Å². The minimum Gasteiger partial charge on any atom is -0.477 e. The predicted octanol–water partition coefficient (Wildman–Crippen LogP) is 0.440. The van der Waals surface area contributed by atoms with E-state index in [9.17, 15) is 29.5 Å². The molecule has 5 heterocycles. The first-order valence-electron chi connectivity index (χ1n) is 14.2. The monoisotopic (exact) mass is 689 g/mol. The van der Waals surface area contributed by atoms with Gasteiger partial charge in [0.05, 0.1) is 0 Å². The molecular weight excluding hydrogens is 658 g/mol. The van der Waals surface area contributed by atoms with Gasteiger partial charge in [0.1, 0.15) is 17.1 Å². The molecule has 18 heteroatoms. The van der Waals surface area contributed by atoms with Crippen molar-refractivity contribution in [1.29, 1.82) is 0 Å². The number of fused-ring (bicyclic) bond motifs is 1. The molecule has 0 bridgehead atoms. The Morgan fingerprint density at radius 1 is 1.26 bits per heavy atom. The van der Waals surface area contributed by atoms with Gasteiger partial charge in [0.2, 0.25) is 17.4 Å². The Morgan fingerprint density at radius 2 is 2.02 bits per heavy atom. The number of nitrogens with two attached hydrogens (primary N) is 1. The maximum absolute atomic E-state index is 13.5. The molecule has 3 fully saturated rings. The molecule has 3 amide bonds. The molecule has 7 N–H and O–H groups in total. The zero-order valence-electron chi connectivity index (χ0n) is 24.5. The average molecular weight is 690 g/mol. The average Bonchev–Trinajstić information content (AvgIpc) is 3.77. The number of carbonyl (C=O) groups is 4. The fraction of sp³-hybridized carbons (Fsp3) is 0.393. The Bertz CT molecular complexity index is 1650. The molecule has 1 aromatic heterocycles. The number of nitrogens with one attached hydrogen (secondary N) is 3.